The van der Waals surface area contributed by atoms with Crippen LogP contribution >= 0.6 is 0 Å². The molecule has 1 aliphatic carbocycles. The Labute approximate surface area is 115 Å². The first-order chi connectivity index (χ1) is 9.38. The summed E-state index contributed by atoms with van der Waals surface area (Å²) < 4.78 is 5.91. The van der Waals surface area contributed by atoms with Crippen molar-refractivity contribution in [3.8, 4) is 0 Å². The number of aliphatic hydroxyl groups excluding tert-OH is 1. The first-order valence-electron chi connectivity index (χ1n) is 7.42. The predicted molar refractivity (Wildman–Crippen MR) is 75.1 cm³/mol. The van der Waals surface area contributed by atoms with E-state index in [1.54, 1.807) is 0 Å². The average molecular weight is 261 g/mol. The Hall–Kier alpha value is -0.900. The number of hydrogen-bond donors (Lipinski definition) is 2. The Balaban J connectivity index is 1.62. The zero-order valence-corrected chi connectivity index (χ0v) is 11.3. The van der Waals surface area contributed by atoms with Crippen molar-refractivity contribution in [3.63, 3.8) is 0 Å². The first-order valence-corrected chi connectivity index (χ1v) is 7.42. The van der Waals surface area contributed by atoms with E-state index in [-0.39, 0.29) is 6.10 Å². The molecule has 104 valence electrons. The van der Waals surface area contributed by atoms with Crippen molar-refractivity contribution >= 4 is 0 Å². The van der Waals surface area contributed by atoms with E-state index in [4.69, 9.17) is 4.74 Å². The number of ether oxygens (including phenoxy) is 1. The van der Waals surface area contributed by atoms with Crippen LogP contribution in [0.2, 0.25) is 0 Å². The van der Waals surface area contributed by atoms with Crippen LogP contribution in [0.5, 0.6) is 0 Å². The van der Waals surface area contributed by atoms with Crippen molar-refractivity contribution in [1.82, 2.24) is 5.32 Å². The van der Waals surface area contributed by atoms with E-state index < -0.39 is 0 Å². The lowest BCUT2D eigenvalue weighted by molar-refractivity contribution is 0.0388. The van der Waals surface area contributed by atoms with Gasteiger partial charge < -0.3 is 15.2 Å². The van der Waals surface area contributed by atoms with E-state index in [0.29, 0.717) is 18.6 Å². The number of rotatable bonds is 4. The highest BCUT2D eigenvalue weighted by atomic mass is 16.5. The Morgan fingerprint density at radius 3 is 3.05 bits per heavy atom. The van der Waals surface area contributed by atoms with E-state index >= 15 is 0 Å². The second-order valence-electron chi connectivity index (χ2n) is 5.70. The molecule has 3 atom stereocenters. The second kappa shape index (κ2) is 6.04. The number of nitrogens with one attached hydrogen (secondary N) is 1. The van der Waals surface area contributed by atoms with Crippen molar-refractivity contribution in [1.29, 1.82) is 0 Å². The molecule has 2 N–H and O–H groups in total. The fraction of sp³-hybridized carbons (Fsp3) is 0.625. The molecule has 3 nitrogen and oxygen atoms in total. The molecule has 0 aromatic heterocycles. The molecule has 1 aromatic rings. The molecular formula is C16H23NO2. The normalized spacial score (nSPS) is 30.3. The maximum Gasteiger partial charge on any atom is 0.0952 e. The van der Waals surface area contributed by atoms with Crippen LogP contribution in [0, 0.1) is 5.92 Å². The minimum atomic E-state index is 0.171. The molecule has 1 heterocycles. The zero-order valence-electron chi connectivity index (χ0n) is 11.3. The van der Waals surface area contributed by atoms with Gasteiger partial charge in [0.05, 0.1) is 12.7 Å². The predicted octanol–water partition coefficient (Wildman–Crippen LogP) is 2.05. The van der Waals surface area contributed by atoms with Gasteiger partial charge in [-0.15, -0.1) is 0 Å². The topological polar surface area (TPSA) is 41.5 Å². The Morgan fingerprint density at radius 1 is 1.26 bits per heavy atom. The molecule has 19 heavy (non-hydrogen) atoms. The van der Waals surface area contributed by atoms with Crippen LogP contribution in [0.1, 0.15) is 36.5 Å². The quantitative estimate of drug-likeness (QED) is 0.871. The third-order valence-electron chi connectivity index (χ3n) is 4.55. The van der Waals surface area contributed by atoms with Crippen molar-refractivity contribution in [3.05, 3.63) is 35.4 Å². The number of fused-ring (bicyclic) bond motifs is 1. The molecule has 0 spiro atoms. The zero-order chi connectivity index (χ0) is 13.1. The second-order valence-corrected chi connectivity index (χ2v) is 5.70. The van der Waals surface area contributed by atoms with Gasteiger partial charge in [0.1, 0.15) is 0 Å². The Bertz CT molecular complexity index is 421. The SMILES string of the molecule is OCC1CCCC1NCC1OCCc2ccccc21. The van der Waals surface area contributed by atoms with Crippen molar-refractivity contribution < 1.29 is 9.84 Å². The first kappa shape index (κ1) is 13.1. The van der Waals surface area contributed by atoms with Gasteiger partial charge in [0.25, 0.3) is 0 Å². The third kappa shape index (κ3) is 2.83. The standard InChI is InChI=1S/C16H23NO2/c18-11-13-5-3-7-15(13)17-10-16-14-6-2-1-4-12(14)8-9-19-16/h1-2,4,6,13,15-18H,3,5,7-11H2. The van der Waals surface area contributed by atoms with Gasteiger partial charge >= 0.3 is 0 Å². The van der Waals surface area contributed by atoms with Crippen LogP contribution in [-0.2, 0) is 11.2 Å². The summed E-state index contributed by atoms with van der Waals surface area (Å²) in [6.07, 6.45) is 4.75. The van der Waals surface area contributed by atoms with Crippen LogP contribution in [0.4, 0.5) is 0 Å². The monoisotopic (exact) mass is 261 g/mol. The molecule has 0 saturated heterocycles. The van der Waals surface area contributed by atoms with Crippen LogP contribution in [0.25, 0.3) is 0 Å². The summed E-state index contributed by atoms with van der Waals surface area (Å²) in [7, 11) is 0. The number of hydrogen-bond acceptors (Lipinski definition) is 3. The summed E-state index contributed by atoms with van der Waals surface area (Å²) in [5, 5.41) is 13.0. The Morgan fingerprint density at radius 2 is 2.16 bits per heavy atom. The summed E-state index contributed by atoms with van der Waals surface area (Å²) in [6.45, 7) is 1.98. The summed E-state index contributed by atoms with van der Waals surface area (Å²) in [5.74, 6) is 0.429. The van der Waals surface area contributed by atoms with Crippen LogP contribution in [-0.4, -0.2) is 30.9 Å². The molecule has 2 aliphatic rings. The molecule has 3 unspecified atom stereocenters. The van der Waals surface area contributed by atoms with Gasteiger partial charge in [-0.3, -0.25) is 0 Å². The molecule has 0 bridgehead atoms. The summed E-state index contributed by atoms with van der Waals surface area (Å²) in [6, 6.07) is 9.04. The smallest absolute Gasteiger partial charge is 0.0952 e. The van der Waals surface area contributed by atoms with E-state index in [9.17, 15) is 5.11 Å². The maximum atomic E-state index is 9.36. The lowest BCUT2D eigenvalue weighted by Gasteiger charge is -2.28. The van der Waals surface area contributed by atoms with Crippen molar-refractivity contribution in [2.75, 3.05) is 19.8 Å². The summed E-state index contributed by atoms with van der Waals surface area (Å²) >= 11 is 0. The van der Waals surface area contributed by atoms with Gasteiger partial charge in [0.15, 0.2) is 0 Å². The Kier molecular flexibility index (Phi) is 4.16. The van der Waals surface area contributed by atoms with Crippen LogP contribution < -0.4 is 5.32 Å². The molecule has 1 fully saturated rings. The van der Waals surface area contributed by atoms with Crippen LogP contribution in [0.3, 0.4) is 0 Å². The largest absolute Gasteiger partial charge is 0.396 e. The van der Waals surface area contributed by atoms with Gasteiger partial charge in [0.2, 0.25) is 0 Å². The molecule has 1 aromatic carbocycles. The third-order valence-corrected chi connectivity index (χ3v) is 4.55. The minimum absolute atomic E-state index is 0.171. The molecule has 3 rings (SSSR count). The van der Waals surface area contributed by atoms with Gasteiger partial charge in [0, 0.05) is 19.2 Å². The van der Waals surface area contributed by atoms with Gasteiger partial charge in [-0.05, 0) is 36.3 Å². The molecular weight excluding hydrogens is 238 g/mol. The highest BCUT2D eigenvalue weighted by Crippen LogP contribution is 2.29. The summed E-state index contributed by atoms with van der Waals surface area (Å²) in [5.41, 5.74) is 2.76. The van der Waals surface area contributed by atoms with E-state index in [1.165, 1.54) is 24.0 Å². The minimum Gasteiger partial charge on any atom is -0.396 e. The highest BCUT2D eigenvalue weighted by Gasteiger charge is 2.28. The van der Waals surface area contributed by atoms with Crippen molar-refractivity contribution in [2.45, 2.75) is 37.8 Å². The lowest BCUT2D eigenvalue weighted by Crippen LogP contribution is -2.38. The maximum absolute atomic E-state index is 9.36. The molecule has 1 saturated carbocycles. The summed E-state index contributed by atoms with van der Waals surface area (Å²) in [4.78, 5) is 0. The molecule has 0 amide bonds. The highest BCUT2D eigenvalue weighted by molar-refractivity contribution is 5.31. The average Bonchev–Trinajstić information content (AvgIpc) is 2.92. The fourth-order valence-electron chi connectivity index (χ4n) is 3.43. The van der Waals surface area contributed by atoms with Crippen molar-refractivity contribution in [2.24, 2.45) is 5.92 Å². The lowest BCUT2D eigenvalue weighted by atomic mass is 9.97. The van der Waals surface area contributed by atoms with Gasteiger partial charge in [-0.2, -0.15) is 0 Å². The van der Waals surface area contributed by atoms with Gasteiger partial charge in [-0.25, -0.2) is 0 Å². The molecule has 0 radical (unpaired) electrons. The van der Waals surface area contributed by atoms with E-state index in [1.807, 2.05) is 0 Å². The van der Waals surface area contributed by atoms with E-state index in [0.717, 1.165) is 26.0 Å². The van der Waals surface area contributed by atoms with Crippen LogP contribution in [0.15, 0.2) is 24.3 Å². The number of aliphatic hydroxyl groups is 1. The fourth-order valence-corrected chi connectivity index (χ4v) is 3.43. The molecule has 3 heteroatoms. The van der Waals surface area contributed by atoms with Gasteiger partial charge in [-0.1, -0.05) is 30.7 Å². The van der Waals surface area contributed by atoms with E-state index in [2.05, 4.69) is 29.6 Å². The number of benzene rings is 1. The molecule has 1 aliphatic heterocycles.